The van der Waals surface area contributed by atoms with Gasteiger partial charge in [0.2, 0.25) is 5.91 Å². The van der Waals surface area contributed by atoms with Gasteiger partial charge in [-0.3, -0.25) is 10.1 Å². The average Bonchev–Trinajstić information content (AvgIpc) is 2.54. The van der Waals surface area contributed by atoms with E-state index in [0.717, 1.165) is 32.5 Å². The molecule has 1 atom stereocenters. The van der Waals surface area contributed by atoms with Crippen molar-refractivity contribution in [2.45, 2.75) is 58.2 Å². The molecule has 0 aromatic heterocycles. The van der Waals surface area contributed by atoms with Crippen molar-refractivity contribution in [3.05, 3.63) is 0 Å². The lowest BCUT2D eigenvalue weighted by Crippen LogP contribution is -2.49. The van der Waals surface area contributed by atoms with Gasteiger partial charge in [0, 0.05) is 12.6 Å². The third kappa shape index (κ3) is 2.80. The third-order valence-corrected chi connectivity index (χ3v) is 3.71. The first-order chi connectivity index (χ1) is 8.11. The van der Waals surface area contributed by atoms with Crippen LogP contribution >= 0.6 is 0 Å². The lowest BCUT2D eigenvalue weighted by molar-refractivity contribution is -0.136. The molecule has 2 rings (SSSR count). The Morgan fingerprint density at radius 2 is 2.18 bits per heavy atom. The van der Waals surface area contributed by atoms with E-state index in [-0.39, 0.29) is 6.04 Å². The summed E-state index contributed by atoms with van der Waals surface area (Å²) in [7, 11) is 0. The largest absolute Gasteiger partial charge is 0.378 e. The number of hydrogen-bond acceptors (Lipinski definition) is 3. The van der Waals surface area contributed by atoms with E-state index in [2.05, 4.69) is 19.2 Å². The monoisotopic (exact) mass is 240 g/mol. The summed E-state index contributed by atoms with van der Waals surface area (Å²) in [6.07, 6.45) is 3.34. The highest BCUT2D eigenvalue weighted by atomic mass is 16.5. The third-order valence-electron chi connectivity index (χ3n) is 3.71. The summed E-state index contributed by atoms with van der Waals surface area (Å²) >= 11 is 0. The summed E-state index contributed by atoms with van der Waals surface area (Å²) in [5, 5.41) is 3.32. The van der Waals surface area contributed by atoms with E-state index >= 15 is 0 Å². The summed E-state index contributed by atoms with van der Waals surface area (Å²) in [5.74, 6) is 0.854. The van der Waals surface area contributed by atoms with Gasteiger partial charge in [0.1, 0.15) is 0 Å². The highest BCUT2D eigenvalue weighted by Gasteiger charge is 2.41. The molecule has 1 aliphatic heterocycles. The maximum Gasteiger partial charge on any atom is 0.241 e. The van der Waals surface area contributed by atoms with Crippen LogP contribution in [-0.2, 0) is 9.53 Å². The van der Waals surface area contributed by atoms with Crippen LogP contribution in [0.25, 0.3) is 0 Å². The van der Waals surface area contributed by atoms with Gasteiger partial charge >= 0.3 is 0 Å². The molecule has 1 aliphatic carbocycles. The quantitative estimate of drug-likeness (QED) is 0.789. The molecule has 2 aliphatic rings. The van der Waals surface area contributed by atoms with E-state index in [1.807, 2.05) is 11.8 Å². The number of nitrogens with zero attached hydrogens (tertiary/aromatic N) is 1. The number of carbonyl (C=O) groups excluding carboxylic acids is 1. The van der Waals surface area contributed by atoms with Gasteiger partial charge in [-0.15, -0.1) is 0 Å². The van der Waals surface area contributed by atoms with Crippen molar-refractivity contribution < 1.29 is 9.53 Å². The number of hydrogen-bond donors (Lipinski definition) is 1. The van der Waals surface area contributed by atoms with Crippen LogP contribution in [0, 0.1) is 5.92 Å². The van der Waals surface area contributed by atoms with Gasteiger partial charge in [-0.05, 0) is 32.1 Å². The van der Waals surface area contributed by atoms with Crippen LogP contribution < -0.4 is 5.32 Å². The predicted molar refractivity (Wildman–Crippen MR) is 66.5 cm³/mol. The summed E-state index contributed by atoms with van der Waals surface area (Å²) in [6, 6.07) is 0.449. The van der Waals surface area contributed by atoms with Crippen molar-refractivity contribution >= 4 is 5.91 Å². The topological polar surface area (TPSA) is 41.6 Å². The second kappa shape index (κ2) is 5.36. The van der Waals surface area contributed by atoms with Crippen molar-refractivity contribution in [2.75, 3.05) is 13.3 Å². The van der Waals surface area contributed by atoms with E-state index < -0.39 is 0 Å². The molecule has 0 aromatic rings. The fraction of sp³-hybridized carbons (Fsp3) is 0.923. The van der Waals surface area contributed by atoms with E-state index in [9.17, 15) is 4.79 Å². The second-order valence-electron chi connectivity index (χ2n) is 5.55. The van der Waals surface area contributed by atoms with Gasteiger partial charge in [-0.25, -0.2) is 0 Å². The first-order valence-corrected chi connectivity index (χ1v) is 6.77. The molecule has 98 valence electrons. The van der Waals surface area contributed by atoms with Crippen molar-refractivity contribution in [3.63, 3.8) is 0 Å². The number of amides is 1. The minimum Gasteiger partial charge on any atom is -0.378 e. The molecular weight excluding hydrogens is 216 g/mol. The Labute approximate surface area is 104 Å². The number of rotatable bonds is 5. The maximum absolute atomic E-state index is 12.2. The zero-order valence-electron chi connectivity index (χ0n) is 11.1. The van der Waals surface area contributed by atoms with Crippen molar-refractivity contribution in [3.8, 4) is 0 Å². The Hall–Kier alpha value is -0.610. The van der Waals surface area contributed by atoms with Crippen LogP contribution in [0.3, 0.4) is 0 Å². The van der Waals surface area contributed by atoms with Gasteiger partial charge in [0.05, 0.1) is 18.8 Å². The highest BCUT2D eigenvalue weighted by molar-refractivity contribution is 5.84. The molecule has 1 amide bonds. The molecule has 1 saturated carbocycles. The molecule has 0 radical (unpaired) electrons. The van der Waals surface area contributed by atoms with Crippen LogP contribution in [0.15, 0.2) is 0 Å². The lowest BCUT2D eigenvalue weighted by atomic mass is 9.87. The van der Waals surface area contributed by atoms with Gasteiger partial charge in [0.15, 0.2) is 0 Å². The number of nitrogens with one attached hydrogen (secondary N) is 1. The molecule has 1 unspecified atom stereocenters. The maximum atomic E-state index is 12.2. The molecule has 1 heterocycles. The minimum atomic E-state index is 0.0427. The molecule has 0 spiro atoms. The van der Waals surface area contributed by atoms with E-state index in [1.165, 1.54) is 0 Å². The Balaban J connectivity index is 1.79. The van der Waals surface area contributed by atoms with Crippen molar-refractivity contribution in [1.29, 1.82) is 0 Å². The molecular formula is C13H24N2O2. The molecule has 2 fully saturated rings. The number of ether oxygens (including phenoxy) is 1. The minimum absolute atomic E-state index is 0.0427. The standard InChI is InChI=1S/C13H24N2O2/c1-4-17-11-6-10(7-11)15-8-14-12(13(15)16)5-9(2)3/h9-12,14H,4-8H2,1-3H3. The van der Waals surface area contributed by atoms with Crippen LogP contribution in [0.2, 0.25) is 0 Å². The Kier molecular flexibility index (Phi) is 4.05. The molecule has 0 bridgehead atoms. The van der Waals surface area contributed by atoms with Gasteiger partial charge in [0.25, 0.3) is 0 Å². The summed E-state index contributed by atoms with van der Waals surface area (Å²) in [4.78, 5) is 14.2. The lowest BCUT2D eigenvalue weighted by Gasteiger charge is -2.40. The molecule has 1 N–H and O–H groups in total. The fourth-order valence-electron chi connectivity index (χ4n) is 2.70. The SMILES string of the molecule is CCOC1CC(N2CNC(CC(C)C)C2=O)C1. The summed E-state index contributed by atoms with van der Waals surface area (Å²) in [6.45, 7) is 7.84. The van der Waals surface area contributed by atoms with Crippen LogP contribution in [0.4, 0.5) is 0 Å². The van der Waals surface area contributed by atoms with Crippen molar-refractivity contribution in [2.24, 2.45) is 5.92 Å². The van der Waals surface area contributed by atoms with Gasteiger partial charge in [-0.2, -0.15) is 0 Å². The molecule has 4 heteroatoms. The summed E-state index contributed by atoms with van der Waals surface area (Å²) < 4.78 is 5.54. The fourth-order valence-corrected chi connectivity index (χ4v) is 2.70. The van der Waals surface area contributed by atoms with Crippen LogP contribution in [0.1, 0.15) is 40.0 Å². The van der Waals surface area contributed by atoms with Crippen LogP contribution in [0.5, 0.6) is 0 Å². The first-order valence-electron chi connectivity index (χ1n) is 6.77. The molecule has 17 heavy (non-hydrogen) atoms. The molecule has 0 aromatic carbocycles. The number of carbonyl (C=O) groups is 1. The van der Waals surface area contributed by atoms with Crippen molar-refractivity contribution in [1.82, 2.24) is 10.2 Å². The van der Waals surface area contributed by atoms with E-state index in [0.29, 0.717) is 24.0 Å². The zero-order valence-corrected chi connectivity index (χ0v) is 11.1. The van der Waals surface area contributed by atoms with Crippen LogP contribution in [-0.4, -0.2) is 42.3 Å². The second-order valence-corrected chi connectivity index (χ2v) is 5.55. The van der Waals surface area contributed by atoms with Gasteiger partial charge < -0.3 is 9.64 Å². The Morgan fingerprint density at radius 1 is 1.47 bits per heavy atom. The summed E-state index contributed by atoms with van der Waals surface area (Å²) in [5.41, 5.74) is 0. The Morgan fingerprint density at radius 3 is 2.76 bits per heavy atom. The first kappa shape index (κ1) is 12.8. The average molecular weight is 240 g/mol. The molecule has 4 nitrogen and oxygen atoms in total. The zero-order chi connectivity index (χ0) is 12.4. The molecule has 1 saturated heterocycles. The van der Waals surface area contributed by atoms with E-state index in [4.69, 9.17) is 4.74 Å². The highest BCUT2D eigenvalue weighted by Crippen LogP contribution is 2.30. The normalized spacial score (nSPS) is 33.3. The van der Waals surface area contributed by atoms with Gasteiger partial charge in [-0.1, -0.05) is 13.8 Å². The smallest absolute Gasteiger partial charge is 0.241 e. The predicted octanol–water partition coefficient (Wildman–Crippen LogP) is 1.36. The van der Waals surface area contributed by atoms with E-state index in [1.54, 1.807) is 0 Å². The Bertz CT molecular complexity index is 275.